The molecule has 3 heteroatoms. The number of aryl methyl sites for hydroxylation is 2. The van der Waals surface area contributed by atoms with E-state index in [2.05, 4.69) is 30.1 Å². The molecule has 1 aliphatic heterocycles. The van der Waals surface area contributed by atoms with Gasteiger partial charge in [-0.3, -0.25) is 4.79 Å². The molecule has 2 aromatic carbocycles. The molecule has 3 aromatic rings. The molecule has 0 fully saturated rings. The Labute approximate surface area is 142 Å². The van der Waals surface area contributed by atoms with Gasteiger partial charge in [-0.05, 0) is 50.1 Å². The maximum absolute atomic E-state index is 12.8. The Morgan fingerprint density at radius 3 is 2.62 bits per heavy atom. The molecule has 24 heavy (non-hydrogen) atoms. The number of amides is 1. The van der Waals surface area contributed by atoms with Crippen molar-refractivity contribution < 1.29 is 4.79 Å². The monoisotopic (exact) mass is 318 g/mol. The Morgan fingerprint density at radius 2 is 1.79 bits per heavy atom. The molecule has 0 saturated carbocycles. The van der Waals surface area contributed by atoms with E-state index in [0.717, 1.165) is 37.1 Å². The maximum Gasteiger partial charge on any atom is 0.253 e. The van der Waals surface area contributed by atoms with Crippen LogP contribution in [0.15, 0.2) is 42.5 Å². The van der Waals surface area contributed by atoms with Crippen LogP contribution in [0.5, 0.6) is 0 Å². The maximum atomic E-state index is 12.8. The second-order valence-electron chi connectivity index (χ2n) is 6.79. The molecule has 0 spiro atoms. The summed E-state index contributed by atoms with van der Waals surface area (Å²) in [7, 11) is 0. The summed E-state index contributed by atoms with van der Waals surface area (Å²) in [6.07, 6.45) is 1.80. The fourth-order valence-corrected chi connectivity index (χ4v) is 3.69. The minimum absolute atomic E-state index is 0.143. The van der Waals surface area contributed by atoms with E-state index in [1.54, 1.807) is 0 Å². The van der Waals surface area contributed by atoms with Crippen molar-refractivity contribution in [2.75, 3.05) is 13.1 Å². The molecule has 1 N–H and O–H groups in total. The van der Waals surface area contributed by atoms with E-state index in [9.17, 15) is 4.79 Å². The summed E-state index contributed by atoms with van der Waals surface area (Å²) in [5, 5.41) is 1.31. The molecule has 1 aliphatic rings. The summed E-state index contributed by atoms with van der Waals surface area (Å²) in [6, 6.07) is 14.4. The first-order valence-electron chi connectivity index (χ1n) is 8.58. The van der Waals surface area contributed by atoms with E-state index in [1.165, 1.54) is 27.7 Å². The number of aromatic nitrogens is 1. The Kier molecular flexibility index (Phi) is 3.64. The van der Waals surface area contributed by atoms with Gasteiger partial charge in [0, 0.05) is 41.7 Å². The number of rotatable bonds is 1. The lowest BCUT2D eigenvalue weighted by molar-refractivity contribution is 0.0763. The molecular weight excluding hydrogens is 296 g/mol. The molecule has 0 atom stereocenters. The quantitative estimate of drug-likeness (QED) is 0.722. The van der Waals surface area contributed by atoms with Gasteiger partial charge in [0.2, 0.25) is 0 Å². The highest BCUT2D eigenvalue weighted by Gasteiger charge is 2.22. The molecule has 0 aliphatic carbocycles. The van der Waals surface area contributed by atoms with E-state index in [0.29, 0.717) is 0 Å². The van der Waals surface area contributed by atoms with Crippen molar-refractivity contribution in [1.29, 1.82) is 0 Å². The third kappa shape index (κ3) is 2.60. The Morgan fingerprint density at radius 1 is 1.00 bits per heavy atom. The van der Waals surface area contributed by atoms with E-state index >= 15 is 0 Å². The van der Waals surface area contributed by atoms with Crippen LogP contribution in [0.25, 0.3) is 10.9 Å². The molecule has 4 rings (SSSR count). The van der Waals surface area contributed by atoms with Gasteiger partial charge in [-0.15, -0.1) is 0 Å². The standard InChI is InChI=1S/C21H22N2O/c1-14-4-3-5-16(12-14)21(24)23-10-8-17-18-13-15(2)6-7-19(18)22-20(17)9-11-23/h3-7,12-13,22H,8-11H2,1-2H3. The number of H-pyrrole nitrogens is 1. The summed E-state index contributed by atoms with van der Waals surface area (Å²) in [5.74, 6) is 0.143. The van der Waals surface area contributed by atoms with Crippen LogP contribution >= 0.6 is 0 Å². The number of nitrogens with one attached hydrogen (secondary N) is 1. The van der Waals surface area contributed by atoms with Gasteiger partial charge in [0.1, 0.15) is 0 Å². The van der Waals surface area contributed by atoms with Gasteiger partial charge in [0.05, 0.1) is 0 Å². The van der Waals surface area contributed by atoms with Crippen LogP contribution in [-0.4, -0.2) is 28.9 Å². The third-order valence-electron chi connectivity index (χ3n) is 4.97. The number of aromatic amines is 1. The number of benzene rings is 2. The average Bonchev–Trinajstić information content (AvgIpc) is 2.78. The smallest absolute Gasteiger partial charge is 0.253 e. The second kappa shape index (κ2) is 5.82. The van der Waals surface area contributed by atoms with Gasteiger partial charge < -0.3 is 9.88 Å². The van der Waals surface area contributed by atoms with Crippen LogP contribution in [0.1, 0.15) is 32.7 Å². The fourth-order valence-electron chi connectivity index (χ4n) is 3.69. The molecule has 0 saturated heterocycles. The fraction of sp³-hybridized carbons (Fsp3) is 0.286. The number of carbonyl (C=O) groups excluding carboxylic acids is 1. The van der Waals surface area contributed by atoms with Gasteiger partial charge in [-0.1, -0.05) is 29.3 Å². The Hall–Kier alpha value is -2.55. The zero-order chi connectivity index (χ0) is 16.7. The van der Waals surface area contributed by atoms with Crippen LogP contribution in [0.2, 0.25) is 0 Å². The first-order chi connectivity index (χ1) is 11.6. The van der Waals surface area contributed by atoms with E-state index in [4.69, 9.17) is 0 Å². The van der Waals surface area contributed by atoms with Crippen LogP contribution < -0.4 is 0 Å². The molecule has 0 radical (unpaired) electrons. The highest BCUT2D eigenvalue weighted by molar-refractivity contribution is 5.94. The second-order valence-corrected chi connectivity index (χ2v) is 6.79. The summed E-state index contributed by atoms with van der Waals surface area (Å²) in [4.78, 5) is 18.4. The first kappa shape index (κ1) is 15.0. The predicted octanol–water partition coefficient (Wildman–Crippen LogP) is 4.03. The van der Waals surface area contributed by atoms with Gasteiger partial charge >= 0.3 is 0 Å². The van der Waals surface area contributed by atoms with Crippen molar-refractivity contribution in [3.63, 3.8) is 0 Å². The molecule has 122 valence electrons. The lowest BCUT2D eigenvalue weighted by atomic mass is 10.1. The summed E-state index contributed by atoms with van der Waals surface area (Å²) in [5.41, 5.74) is 7.08. The lowest BCUT2D eigenvalue weighted by Gasteiger charge is -2.20. The minimum atomic E-state index is 0.143. The van der Waals surface area contributed by atoms with Crippen molar-refractivity contribution in [1.82, 2.24) is 9.88 Å². The number of hydrogen-bond acceptors (Lipinski definition) is 1. The van der Waals surface area contributed by atoms with E-state index < -0.39 is 0 Å². The number of nitrogens with zero attached hydrogens (tertiary/aromatic N) is 1. The largest absolute Gasteiger partial charge is 0.358 e. The minimum Gasteiger partial charge on any atom is -0.358 e. The molecule has 0 bridgehead atoms. The zero-order valence-electron chi connectivity index (χ0n) is 14.2. The first-order valence-corrected chi connectivity index (χ1v) is 8.58. The van der Waals surface area contributed by atoms with E-state index in [-0.39, 0.29) is 5.91 Å². The zero-order valence-corrected chi connectivity index (χ0v) is 14.2. The van der Waals surface area contributed by atoms with Crippen molar-refractivity contribution in [2.24, 2.45) is 0 Å². The number of fused-ring (bicyclic) bond motifs is 3. The Balaban J connectivity index is 1.61. The van der Waals surface area contributed by atoms with Gasteiger partial charge in [0.15, 0.2) is 0 Å². The van der Waals surface area contributed by atoms with Crippen molar-refractivity contribution in [3.8, 4) is 0 Å². The lowest BCUT2D eigenvalue weighted by Crippen LogP contribution is -2.33. The van der Waals surface area contributed by atoms with Crippen molar-refractivity contribution in [3.05, 3.63) is 70.4 Å². The highest BCUT2D eigenvalue weighted by atomic mass is 16.2. The van der Waals surface area contributed by atoms with Gasteiger partial charge in [-0.25, -0.2) is 0 Å². The average molecular weight is 318 g/mol. The van der Waals surface area contributed by atoms with Crippen molar-refractivity contribution in [2.45, 2.75) is 26.7 Å². The normalized spacial score (nSPS) is 14.5. The number of carbonyl (C=O) groups is 1. The molecule has 1 amide bonds. The van der Waals surface area contributed by atoms with E-state index in [1.807, 2.05) is 36.1 Å². The SMILES string of the molecule is Cc1cccc(C(=O)N2CCc3[nH]c4ccc(C)cc4c3CC2)c1. The summed E-state index contributed by atoms with van der Waals surface area (Å²) in [6.45, 7) is 5.70. The van der Waals surface area contributed by atoms with Crippen LogP contribution in [0.3, 0.4) is 0 Å². The van der Waals surface area contributed by atoms with Crippen LogP contribution in [0, 0.1) is 13.8 Å². The van der Waals surface area contributed by atoms with Crippen LogP contribution in [-0.2, 0) is 12.8 Å². The van der Waals surface area contributed by atoms with Gasteiger partial charge in [0.25, 0.3) is 5.91 Å². The van der Waals surface area contributed by atoms with Gasteiger partial charge in [-0.2, -0.15) is 0 Å². The molecule has 2 heterocycles. The Bertz CT molecular complexity index is 923. The van der Waals surface area contributed by atoms with Crippen molar-refractivity contribution >= 4 is 16.8 Å². The summed E-state index contributed by atoms with van der Waals surface area (Å²) < 4.78 is 0. The molecule has 0 unspecified atom stereocenters. The topological polar surface area (TPSA) is 36.1 Å². The highest BCUT2D eigenvalue weighted by Crippen LogP contribution is 2.27. The number of hydrogen-bond donors (Lipinski definition) is 1. The molecule has 3 nitrogen and oxygen atoms in total. The van der Waals surface area contributed by atoms with Crippen LogP contribution in [0.4, 0.5) is 0 Å². The third-order valence-corrected chi connectivity index (χ3v) is 4.97. The molecular formula is C21H22N2O. The summed E-state index contributed by atoms with van der Waals surface area (Å²) >= 11 is 0. The predicted molar refractivity (Wildman–Crippen MR) is 97.5 cm³/mol. The molecule has 1 aromatic heterocycles.